The first-order chi connectivity index (χ1) is 4.50. The van der Waals surface area contributed by atoms with Gasteiger partial charge in [-0.15, -0.1) is 0 Å². The standard InChI is InChI=1S/C7H13NO.Fe/c1-7(2,3)6-4-8-5-9-6;/h6,8H,4H2,1-3H3;/t6-;/m1./s1. The first kappa shape index (κ1) is 8.41. The van der Waals surface area contributed by atoms with Crippen LogP contribution in [-0.2, 0) is 20.3 Å². The van der Waals surface area contributed by atoms with Crippen molar-refractivity contribution in [3.8, 4) is 0 Å². The molecule has 0 spiro atoms. The topological polar surface area (TPSA) is 21.3 Å². The van der Waals surface area contributed by atoms with Gasteiger partial charge >= 0.3 is 69.2 Å². The molecule has 0 aromatic heterocycles. The Kier molecular flexibility index (Phi) is 2.31. The number of hydrogen-bond acceptors (Lipinski definition) is 2. The van der Waals surface area contributed by atoms with Crippen LogP contribution in [0.1, 0.15) is 20.8 Å². The fourth-order valence-corrected chi connectivity index (χ4v) is 1.13. The van der Waals surface area contributed by atoms with Gasteiger partial charge in [0.25, 0.3) is 0 Å². The molecule has 1 aliphatic rings. The van der Waals surface area contributed by atoms with Crippen molar-refractivity contribution in [1.82, 2.24) is 5.32 Å². The molecule has 1 aliphatic heterocycles. The summed E-state index contributed by atoms with van der Waals surface area (Å²) in [5.41, 5.74) is 0.215. The van der Waals surface area contributed by atoms with Crippen LogP contribution in [0.3, 0.4) is 0 Å². The molecule has 1 atom stereocenters. The van der Waals surface area contributed by atoms with Crippen LogP contribution in [0.15, 0.2) is 0 Å². The van der Waals surface area contributed by atoms with E-state index in [0.29, 0.717) is 4.73 Å². The molecule has 0 saturated carbocycles. The zero-order valence-electron chi connectivity index (χ0n) is 6.55. The Bertz CT molecular complexity index is 150. The van der Waals surface area contributed by atoms with Gasteiger partial charge in [0.05, 0.1) is 0 Å². The van der Waals surface area contributed by atoms with Crippen molar-refractivity contribution < 1.29 is 20.3 Å². The van der Waals surface area contributed by atoms with Crippen molar-refractivity contribution in [3.63, 3.8) is 0 Å². The second kappa shape index (κ2) is 2.74. The van der Waals surface area contributed by atoms with Crippen molar-refractivity contribution >= 4 is 4.73 Å². The van der Waals surface area contributed by atoms with Crippen LogP contribution >= 0.6 is 0 Å². The molecule has 0 aromatic carbocycles. The first-order valence-electron chi connectivity index (χ1n) is 3.42. The molecule has 3 heteroatoms. The predicted molar refractivity (Wildman–Crippen MR) is 37.3 cm³/mol. The Morgan fingerprint density at radius 3 is 2.40 bits per heavy atom. The second-order valence-electron chi connectivity index (χ2n) is 3.62. The van der Waals surface area contributed by atoms with Gasteiger partial charge in [-0.3, -0.25) is 0 Å². The number of hydrogen-bond donors (Lipinski definition) is 1. The molecule has 10 heavy (non-hydrogen) atoms. The van der Waals surface area contributed by atoms with E-state index in [1.807, 2.05) is 0 Å². The first-order valence-corrected chi connectivity index (χ1v) is 3.97. The zero-order chi connectivity index (χ0) is 7.78. The van der Waals surface area contributed by atoms with E-state index in [0.717, 1.165) is 6.54 Å². The van der Waals surface area contributed by atoms with Crippen molar-refractivity contribution in [2.75, 3.05) is 6.54 Å². The quantitative estimate of drug-likeness (QED) is 0.557. The molecule has 0 radical (unpaired) electrons. The summed E-state index contributed by atoms with van der Waals surface area (Å²) in [5, 5.41) is 3.06. The molecule has 0 aromatic rings. The summed E-state index contributed by atoms with van der Waals surface area (Å²) < 4.78 is 6.13. The van der Waals surface area contributed by atoms with Crippen LogP contribution in [-0.4, -0.2) is 17.4 Å². The van der Waals surface area contributed by atoms with Crippen LogP contribution in [0, 0.1) is 5.41 Å². The molecule has 1 rings (SSSR count). The van der Waals surface area contributed by atoms with Gasteiger partial charge in [-0.1, -0.05) is 0 Å². The van der Waals surface area contributed by atoms with Crippen molar-refractivity contribution in [2.45, 2.75) is 26.9 Å². The van der Waals surface area contributed by atoms with Gasteiger partial charge in [-0.25, -0.2) is 0 Å². The number of rotatable bonds is 0. The fraction of sp³-hybridized carbons (Fsp3) is 0.857. The summed E-state index contributed by atoms with van der Waals surface area (Å²) in [6.45, 7) is 7.39. The van der Waals surface area contributed by atoms with Crippen LogP contribution in [0.25, 0.3) is 0 Å². The van der Waals surface area contributed by atoms with Gasteiger partial charge in [-0.05, 0) is 0 Å². The SMILES string of the molecule is CC(C)(C)[C@H]1CN[C](=[Fe])O1. The monoisotopic (exact) mass is 183 g/mol. The molecule has 2 nitrogen and oxygen atoms in total. The maximum atomic E-state index is 5.42. The summed E-state index contributed by atoms with van der Waals surface area (Å²) in [4.78, 5) is 0. The number of nitrogens with one attached hydrogen (secondary N) is 1. The summed E-state index contributed by atoms with van der Waals surface area (Å²) in [6, 6.07) is 0. The Morgan fingerprint density at radius 1 is 1.60 bits per heavy atom. The molecule has 60 valence electrons. The second-order valence-corrected chi connectivity index (χ2v) is 4.12. The summed E-state index contributed by atoms with van der Waals surface area (Å²) in [5.74, 6) is 0. The van der Waals surface area contributed by atoms with Gasteiger partial charge in [0.1, 0.15) is 0 Å². The molecular weight excluding hydrogens is 170 g/mol. The average Bonchev–Trinajstić information content (AvgIpc) is 2.11. The van der Waals surface area contributed by atoms with Crippen molar-refractivity contribution in [3.05, 3.63) is 0 Å². The van der Waals surface area contributed by atoms with E-state index in [1.54, 1.807) is 0 Å². The molecule has 0 bridgehead atoms. The van der Waals surface area contributed by atoms with Crippen molar-refractivity contribution in [1.29, 1.82) is 0 Å². The third-order valence-corrected chi connectivity index (χ3v) is 1.96. The fourth-order valence-electron chi connectivity index (χ4n) is 0.858. The van der Waals surface area contributed by atoms with Gasteiger partial charge in [-0.2, -0.15) is 0 Å². The van der Waals surface area contributed by atoms with E-state index < -0.39 is 0 Å². The van der Waals surface area contributed by atoms with E-state index in [1.165, 1.54) is 0 Å². The number of ether oxygens (including phenoxy) is 1. The normalized spacial score (nSPS) is 27.6. The molecular formula is C7H13FeNO. The van der Waals surface area contributed by atoms with Crippen LogP contribution in [0.2, 0.25) is 0 Å². The van der Waals surface area contributed by atoms with Crippen LogP contribution in [0.5, 0.6) is 0 Å². The van der Waals surface area contributed by atoms with Gasteiger partial charge in [0, 0.05) is 0 Å². The van der Waals surface area contributed by atoms with E-state index in [9.17, 15) is 0 Å². The molecule has 1 N–H and O–H groups in total. The molecule has 1 saturated heterocycles. The van der Waals surface area contributed by atoms with E-state index >= 15 is 0 Å². The third kappa shape index (κ3) is 1.89. The maximum absolute atomic E-state index is 5.42. The molecule has 0 aliphatic carbocycles. The zero-order valence-corrected chi connectivity index (χ0v) is 7.65. The summed E-state index contributed by atoms with van der Waals surface area (Å²) in [6.07, 6.45) is 0.278. The Balaban J connectivity index is 2.53. The Labute approximate surface area is 69.7 Å². The van der Waals surface area contributed by atoms with Gasteiger partial charge in [0.2, 0.25) is 0 Å². The minimum atomic E-state index is 0.215. The van der Waals surface area contributed by atoms with Gasteiger partial charge < -0.3 is 0 Å². The molecule has 0 unspecified atom stereocenters. The van der Waals surface area contributed by atoms with E-state index in [2.05, 4.69) is 41.7 Å². The summed E-state index contributed by atoms with van der Waals surface area (Å²) in [7, 11) is 0. The van der Waals surface area contributed by atoms with E-state index in [-0.39, 0.29) is 11.5 Å². The predicted octanol–water partition coefficient (Wildman–Crippen LogP) is 0.655. The van der Waals surface area contributed by atoms with Gasteiger partial charge in [0.15, 0.2) is 0 Å². The molecule has 0 amide bonds. The third-order valence-electron chi connectivity index (χ3n) is 1.63. The van der Waals surface area contributed by atoms with Crippen LogP contribution < -0.4 is 5.32 Å². The molecule has 1 fully saturated rings. The molecule has 1 heterocycles. The van der Waals surface area contributed by atoms with Crippen molar-refractivity contribution in [2.24, 2.45) is 5.41 Å². The minimum absolute atomic E-state index is 0.215. The van der Waals surface area contributed by atoms with E-state index in [4.69, 9.17) is 4.74 Å². The average molecular weight is 183 g/mol. The Morgan fingerprint density at radius 2 is 2.20 bits per heavy atom. The Hall–Kier alpha value is 0.309. The van der Waals surface area contributed by atoms with Crippen LogP contribution in [0.4, 0.5) is 0 Å². The summed E-state index contributed by atoms with van der Waals surface area (Å²) >= 11 is 3.68.